The first kappa shape index (κ1) is 27.1. The monoisotopic (exact) mass is 483 g/mol. The summed E-state index contributed by atoms with van der Waals surface area (Å²) in [6.45, 7) is 4.16. The lowest BCUT2D eigenvalue weighted by atomic mass is 10.0. The lowest BCUT2D eigenvalue weighted by Gasteiger charge is -2.22. The standard InChI is InChI=1S/C23H37N3O6S/c1-4-6-12-33(30,31)16-20(26-22(29)32-3)21(28)24-14-19(27)15-25-23(10-11-23)18-9-7-8-17(5-2)13-18/h7-9,13,19-20,25,27H,4-6,10-12,14-16H2,1-3H3,(H,24,28)(H,26,29)/t19-,20+/m0/s1. The number of benzene rings is 1. The highest BCUT2D eigenvalue weighted by molar-refractivity contribution is 7.91. The Hall–Kier alpha value is -2.17. The van der Waals surface area contributed by atoms with Crippen molar-refractivity contribution >= 4 is 21.8 Å². The lowest BCUT2D eigenvalue weighted by Crippen LogP contribution is -2.52. The lowest BCUT2D eigenvalue weighted by molar-refractivity contribution is -0.123. The van der Waals surface area contributed by atoms with Gasteiger partial charge in [-0.1, -0.05) is 44.5 Å². The van der Waals surface area contributed by atoms with Crippen LogP contribution in [0.3, 0.4) is 0 Å². The van der Waals surface area contributed by atoms with Crippen molar-refractivity contribution in [3.8, 4) is 0 Å². The van der Waals surface area contributed by atoms with Gasteiger partial charge in [-0.25, -0.2) is 13.2 Å². The maximum absolute atomic E-state index is 12.6. The maximum Gasteiger partial charge on any atom is 0.407 e. The number of alkyl carbamates (subject to hydrolysis) is 1. The largest absolute Gasteiger partial charge is 0.453 e. The summed E-state index contributed by atoms with van der Waals surface area (Å²) in [5, 5.41) is 18.6. The van der Waals surface area contributed by atoms with Crippen LogP contribution >= 0.6 is 0 Å². The second-order valence-corrected chi connectivity index (χ2v) is 10.8. The van der Waals surface area contributed by atoms with Crippen LogP contribution in [-0.2, 0) is 31.3 Å². The molecule has 1 aliphatic rings. The Labute approximate surface area is 196 Å². The zero-order valence-electron chi connectivity index (χ0n) is 19.7. The van der Waals surface area contributed by atoms with E-state index in [2.05, 4.69) is 45.8 Å². The molecule has 2 amide bonds. The summed E-state index contributed by atoms with van der Waals surface area (Å²) < 4.78 is 29.1. The molecule has 9 nitrogen and oxygen atoms in total. The Balaban J connectivity index is 1.89. The third-order valence-corrected chi connectivity index (χ3v) is 7.60. The van der Waals surface area contributed by atoms with E-state index in [1.165, 1.54) is 11.1 Å². The fraction of sp³-hybridized carbons (Fsp3) is 0.652. The van der Waals surface area contributed by atoms with E-state index >= 15 is 0 Å². The number of amides is 2. The van der Waals surface area contributed by atoms with Crippen molar-refractivity contribution in [2.24, 2.45) is 0 Å². The van der Waals surface area contributed by atoms with Crippen molar-refractivity contribution in [2.45, 2.75) is 63.6 Å². The quantitative estimate of drug-likeness (QED) is 0.313. The number of aryl methyl sites for hydroxylation is 1. The van der Waals surface area contributed by atoms with Crippen LogP contribution in [-0.4, -0.2) is 69.4 Å². The van der Waals surface area contributed by atoms with Crippen LogP contribution in [0.25, 0.3) is 0 Å². The van der Waals surface area contributed by atoms with Crippen LogP contribution < -0.4 is 16.0 Å². The average Bonchev–Trinajstić information content (AvgIpc) is 3.60. The normalized spacial score (nSPS) is 16.5. The summed E-state index contributed by atoms with van der Waals surface area (Å²) in [7, 11) is -2.41. The van der Waals surface area contributed by atoms with Crippen LogP contribution in [0.4, 0.5) is 4.79 Å². The van der Waals surface area contributed by atoms with Gasteiger partial charge in [-0.05, 0) is 36.8 Å². The number of ether oxygens (including phenoxy) is 1. The van der Waals surface area contributed by atoms with Crippen LogP contribution in [0.2, 0.25) is 0 Å². The van der Waals surface area contributed by atoms with Gasteiger partial charge in [-0.15, -0.1) is 0 Å². The molecule has 1 aromatic carbocycles. The van der Waals surface area contributed by atoms with E-state index in [-0.39, 0.29) is 24.4 Å². The minimum atomic E-state index is -3.54. The molecule has 1 aromatic rings. The highest BCUT2D eigenvalue weighted by atomic mass is 32.2. The van der Waals surface area contributed by atoms with Gasteiger partial charge in [0.25, 0.3) is 0 Å². The molecule has 1 saturated carbocycles. The zero-order valence-corrected chi connectivity index (χ0v) is 20.5. The highest BCUT2D eigenvalue weighted by Gasteiger charge is 2.44. The number of unbranched alkanes of at least 4 members (excludes halogenated alkanes) is 1. The van der Waals surface area contributed by atoms with Crippen LogP contribution in [0, 0.1) is 0 Å². The predicted octanol–water partition coefficient (Wildman–Crippen LogP) is 1.24. The van der Waals surface area contributed by atoms with Crippen molar-refractivity contribution in [1.82, 2.24) is 16.0 Å². The Kier molecular flexibility index (Phi) is 10.1. The van der Waals surface area contributed by atoms with Crippen LogP contribution in [0.5, 0.6) is 0 Å². The predicted molar refractivity (Wildman–Crippen MR) is 127 cm³/mol. The third-order valence-electron chi connectivity index (χ3n) is 5.85. The number of hydrogen-bond acceptors (Lipinski definition) is 7. The molecular formula is C23H37N3O6S. The van der Waals surface area contributed by atoms with Gasteiger partial charge < -0.3 is 25.8 Å². The van der Waals surface area contributed by atoms with Crippen LogP contribution in [0.1, 0.15) is 50.7 Å². The highest BCUT2D eigenvalue weighted by Crippen LogP contribution is 2.45. The fourth-order valence-electron chi connectivity index (χ4n) is 3.59. The molecule has 1 aliphatic carbocycles. The first-order valence-electron chi connectivity index (χ1n) is 11.5. The first-order valence-corrected chi connectivity index (χ1v) is 13.3. The molecule has 0 aliphatic heterocycles. The van der Waals surface area contributed by atoms with Gasteiger partial charge in [-0.3, -0.25) is 4.79 Å². The number of carbonyl (C=O) groups excluding carboxylic acids is 2. The molecule has 0 bridgehead atoms. The smallest absolute Gasteiger partial charge is 0.407 e. The van der Waals surface area contributed by atoms with E-state index in [1.807, 2.05) is 13.0 Å². The van der Waals surface area contributed by atoms with E-state index in [1.54, 1.807) is 0 Å². The number of methoxy groups -OCH3 is 1. The Morgan fingerprint density at radius 3 is 2.55 bits per heavy atom. The van der Waals surface area contributed by atoms with Crippen LogP contribution in [0.15, 0.2) is 24.3 Å². The van der Waals surface area contributed by atoms with Gasteiger partial charge in [0, 0.05) is 18.6 Å². The molecule has 10 heteroatoms. The molecule has 186 valence electrons. The fourth-order valence-corrected chi connectivity index (χ4v) is 5.23. The summed E-state index contributed by atoms with van der Waals surface area (Å²) in [4.78, 5) is 24.2. The number of hydrogen-bond donors (Lipinski definition) is 4. The maximum atomic E-state index is 12.6. The molecule has 33 heavy (non-hydrogen) atoms. The Morgan fingerprint density at radius 1 is 1.21 bits per heavy atom. The summed E-state index contributed by atoms with van der Waals surface area (Å²) in [5.41, 5.74) is 2.29. The number of nitrogens with one attached hydrogen (secondary N) is 3. The minimum absolute atomic E-state index is 0.0655. The van der Waals surface area contributed by atoms with E-state index in [0.29, 0.717) is 12.8 Å². The Morgan fingerprint density at radius 2 is 1.94 bits per heavy atom. The molecular weight excluding hydrogens is 446 g/mol. The Bertz CT molecular complexity index is 901. The summed E-state index contributed by atoms with van der Waals surface area (Å²) in [6, 6.07) is 7.08. The third kappa shape index (κ3) is 8.60. The summed E-state index contributed by atoms with van der Waals surface area (Å²) in [6.07, 6.45) is 2.30. The minimum Gasteiger partial charge on any atom is -0.453 e. The SMILES string of the molecule is CCCCS(=O)(=O)C[C@@H](NC(=O)OC)C(=O)NC[C@H](O)CNC1(c2cccc(CC)c2)CC1. The molecule has 2 rings (SSSR count). The second-order valence-electron chi connectivity index (χ2n) is 8.57. The van der Waals surface area contributed by atoms with Gasteiger partial charge in [0.1, 0.15) is 6.04 Å². The molecule has 0 heterocycles. The second kappa shape index (κ2) is 12.3. The van der Waals surface area contributed by atoms with Crippen molar-refractivity contribution in [3.05, 3.63) is 35.4 Å². The zero-order chi connectivity index (χ0) is 24.5. The molecule has 0 saturated heterocycles. The van der Waals surface area contributed by atoms with E-state index in [0.717, 1.165) is 26.4 Å². The number of aliphatic hydroxyl groups is 1. The van der Waals surface area contributed by atoms with Gasteiger partial charge in [-0.2, -0.15) is 0 Å². The topological polar surface area (TPSA) is 134 Å². The van der Waals surface area contributed by atoms with Gasteiger partial charge in [0.05, 0.1) is 24.7 Å². The first-order chi connectivity index (χ1) is 15.6. The van der Waals surface area contributed by atoms with Gasteiger partial charge in [0.2, 0.25) is 5.91 Å². The number of aliphatic hydroxyl groups excluding tert-OH is 1. The molecule has 4 N–H and O–H groups in total. The van der Waals surface area contributed by atoms with Crippen molar-refractivity contribution < 1.29 is 27.9 Å². The number of sulfone groups is 1. The summed E-state index contributed by atoms with van der Waals surface area (Å²) in [5.74, 6) is -1.28. The van der Waals surface area contributed by atoms with Crippen molar-refractivity contribution in [1.29, 1.82) is 0 Å². The van der Waals surface area contributed by atoms with E-state index in [9.17, 15) is 23.1 Å². The van der Waals surface area contributed by atoms with Crippen molar-refractivity contribution in [2.75, 3.05) is 31.7 Å². The summed E-state index contributed by atoms with van der Waals surface area (Å²) >= 11 is 0. The molecule has 0 spiro atoms. The number of rotatable bonds is 14. The number of carbonyl (C=O) groups is 2. The van der Waals surface area contributed by atoms with Gasteiger partial charge >= 0.3 is 6.09 Å². The van der Waals surface area contributed by atoms with Crippen molar-refractivity contribution in [3.63, 3.8) is 0 Å². The van der Waals surface area contributed by atoms with E-state index < -0.39 is 39.7 Å². The van der Waals surface area contributed by atoms with E-state index in [4.69, 9.17) is 0 Å². The molecule has 1 fully saturated rings. The average molecular weight is 484 g/mol. The van der Waals surface area contributed by atoms with Gasteiger partial charge in [0.15, 0.2) is 9.84 Å². The molecule has 0 aromatic heterocycles. The molecule has 0 radical (unpaired) electrons. The molecule has 0 unspecified atom stereocenters. The molecule has 2 atom stereocenters.